The van der Waals surface area contributed by atoms with Gasteiger partial charge in [0.2, 0.25) is 0 Å². The fraction of sp³-hybridized carbons (Fsp3) is 0.467. The Morgan fingerprint density at radius 2 is 2.00 bits per heavy atom. The number of benzene rings is 1. The molecule has 1 aromatic carbocycles. The number of nitrogens with one attached hydrogen (secondary N) is 1. The first-order chi connectivity index (χ1) is 9.70. The molecule has 0 unspecified atom stereocenters. The lowest BCUT2D eigenvalue weighted by Crippen LogP contribution is -2.20. The molecule has 0 saturated heterocycles. The fourth-order valence-electron chi connectivity index (χ4n) is 2.06. The molecular formula is C15H22N4O. The first-order valence-electron chi connectivity index (χ1n) is 6.92. The van der Waals surface area contributed by atoms with Crippen molar-refractivity contribution in [2.75, 3.05) is 13.7 Å². The highest BCUT2D eigenvalue weighted by molar-refractivity contribution is 5.27. The first-order valence-corrected chi connectivity index (χ1v) is 6.92. The van der Waals surface area contributed by atoms with E-state index in [2.05, 4.69) is 41.4 Å². The van der Waals surface area contributed by atoms with Gasteiger partial charge < -0.3 is 10.1 Å². The summed E-state index contributed by atoms with van der Waals surface area (Å²) in [5, 5.41) is 7.63. The molecule has 1 aromatic heterocycles. The summed E-state index contributed by atoms with van der Waals surface area (Å²) in [6, 6.07) is 8.51. The van der Waals surface area contributed by atoms with Crippen LogP contribution in [0.3, 0.4) is 0 Å². The van der Waals surface area contributed by atoms with E-state index in [9.17, 15) is 0 Å². The van der Waals surface area contributed by atoms with E-state index in [-0.39, 0.29) is 0 Å². The van der Waals surface area contributed by atoms with E-state index >= 15 is 0 Å². The average molecular weight is 274 g/mol. The van der Waals surface area contributed by atoms with Gasteiger partial charge in [-0.15, -0.1) is 0 Å². The second-order valence-electron chi connectivity index (χ2n) is 4.99. The van der Waals surface area contributed by atoms with Crippen LogP contribution in [0.25, 0.3) is 0 Å². The van der Waals surface area contributed by atoms with E-state index < -0.39 is 0 Å². The third-order valence-corrected chi connectivity index (χ3v) is 3.17. The van der Waals surface area contributed by atoms with Crippen molar-refractivity contribution in [3.8, 4) is 5.75 Å². The van der Waals surface area contributed by atoms with Crippen molar-refractivity contribution < 1.29 is 4.74 Å². The van der Waals surface area contributed by atoms with Gasteiger partial charge >= 0.3 is 0 Å². The fourth-order valence-corrected chi connectivity index (χ4v) is 2.06. The lowest BCUT2D eigenvalue weighted by atomic mass is 10.1. The largest absolute Gasteiger partial charge is 0.497 e. The van der Waals surface area contributed by atoms with Crippen molar-refractivity contribution in [3.05, 3.63) is 42.0 Å². The summed E-state index contributed by atoms with van der Waals surface area (Å²) in [5.41, 5.74) is 1.30. The zero-order valence-electron chi connectivity index (χ0n) is 12.3. The Hall–Kier alpha value is -1.88. The molecule has 0 bridgehead atoms. The number of methoxy groups -OCH3 is 1. The monoisotopic (exact) mass is 274 g/mol. The van der Waals surface area contributed by atoms with Gasteiger partial charge in [0.1, 0.15) is 17.9 Å². The van der Waals surface area contributed by atoms with Gasteiger partial charge in [-0.3, -0.25) is 0 Å². The maximum absolute atomic E-state index is 5.15. The molecule has 2 aromatic rings. The van der Waals surface area contributed by atoms with Gasteiger partial charge in [0.05, 0.1) is 13.7 Å². The second-order valence-corrected chi connectivity index (χ2v) is 4.99. The van der Waals surface area contributed by atoms with Crippen LogP contribution in [-0.4, -0.2) is 28.4 Å². The Morgan fingerprint density at radius 1 is 1.25 bits per heavy atom. The number of hydrogen-bond acceptors (Lipinski definition) is 4. The molecule has 5 heteroatoms. The quantitative estimate of drug-likeness (QED) is 0.786. The van der Waals surface area contributed by atoms with Crippen LogP contribution in [0.1, 0.15) is 31.3 Å². The summed E-state index contributed by atoms with van der Waals surface area (Å²) in [7, 11) is 1.68. The number of ether oxygens (including phenoxy) is 1. The molecule has 0 atom stereocenters. The van der Waals surface area contributed by atoms with Crippen LogP contribution in [0.5, 0.6) is 5.75 Å². The van der Waals surface area contributed by atoms with Gasteiger partial charge in [-0.25, -0.2) is 9.67 Å². The Morgan fingerprint density at radius 3 is 2.65 bits per heavy atom. The zero-order valence-corrected chi connectivity index (χ0v) is 12.3. The minimum absolute atomic E-state index is 0.343. The minimum Gasteiger partial charge on any atom is -0.497 e. The lowest BCUT2D eigenvalue weighted by molar-refractivity contribution is 0.414. The maximum atomic E-state index is 5.15. The molecule has 1 heterocycles. The van der Waals surface area contributed by atoms with Gasteiger partial charge in [-0.05, 0) is 44.5 Å². The van der Waals surface area contributed by atoms with Gasteiger partial charge in [0, 0.05) is 6.04 Å². The summed E-state index contributed by atoms with van der Waals surface area (Å²) in [5.74, 6) is 1.88. The van der Waals surface area contributed by atoms with Crippen LogP contribution in [0.4, 0.5) is 0 Å². The van der Waals surface area contributed by atoms with Gasteiger partial charge in [0.15, 0.2) is 0 Å². The summed E-state index contributed by atoms with van der Waals surface area (Å²) in [6.45, 7) is 5.87. The Balaban J connectivity index is 1.77. The van der Waals surface area contributed by atoms with Crippen molar-refractivity contribution in [2.24, 2.45) is 0 Å². The summed E-state index contributed by atoms with van der Waals surface area (Å²) < 4.78 is 7.09. The molecule has 0 fully saturated rings. The maximum Gasteiger partial charge on any atom is 0.141 e. The topological polar surface area (TPSA) is 52.0 Å². The van der Waals surface area contributed by atoms with Crippen LogP contribution in [0.15, 0.2) is 30.6 Å². The highest BCUT2D eigenvalue weighted by atomic mass is 16.5. The van der Waals surface area contributed by atoms with Crippen molar-refractivity contribution in [2.45, 2.75) is 32.9 Å². The predicted octanol–water partition coefficient (Wildman–Crippen LogP) is 2.20. The third-order valence-electron chi connectivity index (χ3n) is 3.17. The van der Waals surface area contributed by atoms with Gasteiger partial charge in [-0.1, -0.05) is 12.1 Å². The number of aromatic nitrogens is 3. The second kappa shape index (κ2) is 7.05. The smallest absolute Gasteiger partial charge is 0.141 e. The minimum atomic E-state index is 0.343. The molecule has 20 heavy (non-hydrogen) atoms. The average Bonchev–Trinajstić information content (AvgIpc) is 2.93. The molecular weight excluding hydrogens is 252 g/mol. The van der Waals surface area contributed by atoms with Gasteiger partial charge in [0.25, 0.3) is 0 Å². The van der Waals surface area contributed by atoms with Crippen LogP contribution in [-0.2, 0) is 13.0 Å². The molecule has 0 spiro atoms. The van der Waals surface area contributed by atoms with E-state index in [1.54, 1.807) is 13.4 Å². The van der Waals surface area contributed by atoms with Crippen molar-refractivity contribution in [3.63, 3.8) is 0 Å². The highest BCUT2D eigenvalue weighted by Gasteiger charge is 2.06. The molecule has 0 saturated carbocycles. The lowest BCUT2D eigenvalue weighted by Gasteiger charge is -2.10. The molecule has 2 rings (SSSR count). The predicted molar refractivity (Wildman–Crippen MR) is 78.8 cm³/mol. The summed E-state index contributed by atoms with van der Waals surface area (Å²) in [4.78, 5) is 4.28. The number of rotatable bonds is 7. The van der Waals surface area contributed by atoms with Crippen LogP contribution in [0.2, 0.25) is 0 Å². The Kier molecular flexibility index (Phi) is 5.12. The van der Waals surface area contributed by atoms with E-state index in [0.717, 1.165) is 31.1 Å². The zero-order chi connectivity index (χ0) is 14.4. The number of nitrogens with zero attached hydrogens (tertiary/aromatic N) is 3. The Bertz CT molecular complexity index is 519. The van der Waals surface area contributed by atoms with Crippen molar-refractivity contribution in [1.82, 2.24) is 20.1 Å². The summed E-state index contributed by atoms with van der Waals surface area (Å²) >= 11 is 0. The molecule has 108 valence electrons. The molecule has 1 N–H and O–H groups in total. The molecule has 0 aliphatic carbocycles. The Labute approximate surface area is 120 Å². The molecule has 0 aliphatic rings. The van der Waals surface area contributed by atoms with E-state index in [0.29, 0.717) is 6.04 Å². The summed E-state index contributed by atoms with van der Waals surface area (Å²) in [6.07, 6.45) is 2.60. The van der Waals surface area contributed by atoms with E-state index in [1.807, 2.05) is 16.8 Å². The standard InChI is InChI=1S/C15H22N4O/c1-12(2)19-15(17-11-18-19)10-16-9-8-13-4-6-14(20-3)7-5-13/h4-7,11-12,16H,8-10H2,1-3H3. The normalized spacial score (nSPS) is 11.0. The number of hydrogen-bond donors (Lipinski definition) is 1. The van der Waals surface area contributed by atoms with Crippen molar-refractivity contribution in [1.29, 1.82) is 0 Å². The van der Waals surface area contributed by atoms with E-state index in [4.69, 9.17) is 4.74 Å². The van der Waals surface area contributed by atoms with Crippen LogP contribution in [0, 0.1) is 0 Å². The molecule has 0 aliphatic heterocycles. The van der Waals surface area contributed by atoms with Crippen LogP contribution < -0.4 is 10.1 Å². The molecule has 5 nitrogen and oxygen atoms in total. The molecule has 0 amide bonds. The third kappa shape index (κ3) is 3.81. The van der Waals surface area contributed by atoms with Crippen molar-refractivity contribution >= 4 is 0 Å². The van der Waals surface area contributed by atoms with E-state index in [1.165, 1.54) is 5.56 Å². The van der Waals surface area contributed by atoms with Gasteiger partial charge in [-0.2, -0.15) is 5.10 Å². The highest BCUT2D eigenvalue weighted by Crippen LogP contribution is 2.11. The molecule has 0 radical (unpaired) electrons. The SMILES string of the molecule is COc1ccc(CCNCc2ncnn2C(C)C)cc1. The first kappa shape index (κ1) is 14.5. The van der Waals surface area contributed by atoms with Crippen LogP contribution >= 0.6 is 0 Å².